The quantitative estimate of drug-likeness (QED) is 0.822. The first-order valence-electron chi connectivity index (χ1n) is 6.38. The summed E-state index contributed by atoms with van der Waals surface area (Å²) in [6.45, 7) is -0.278. The lowest BCUT2D eigenvalue weighted by Crippen LogP contribution is -2.10. The molecular weight excluding hydrogens is 286 g/mol. The Hall–Kier alpha value is -2.86. The number of nitrogens with two attached hydrogens (primary N) is 1. The Morgan fingerprint density at radius 3 is 2.23 bits per heavy atom. The molecule has 0 heterocycles. The highest BCUT2D eigenvalue weighted by Crippen LogP contribution is 2.23. The first-order valence-corrected chi connectivity index (χ1v) is 6.38. The third kappa shape index (κ3) is 6.06. The molecule has 0 amide bonds. The summed E-state index contributed by atoms with van der Waals surface area (Å²) < 4.78 is 10.7. The van der Waals surface area contributed by atoms with E-state index in [1.54, 1.807) is 31.4 Å². The number of hydrogen-bond acceptors (Lipinski definition) is 5. The predicted molar refractivity (Wildman–Crippen MR) is 81.6 cm³/mol. The van der Waals surface area contributed by atoms with Crippen molar-refractivity contribution >= 4 is 12.3 Å². The summed E-state index contributed by atoms with van der Waals surface area (Å²) in [4.78, 5) is 19.9. The summed E-state index contributed by atoms with van der Waals surface area (Å²) in [6.07, 6.45) is 0.793. The molecule has 2 aromatic carbocycles. The molecule has 6 nitrogen and oxygen atoms in total. The molecule has 0 aliphatic rings. The van der Waals surface area contributed by atoms with Gasteiger partial charge in [-0.05, 0) is 36.4 Å². The van der Waals surface area contributed by atoms with E-state index in [1.165, 1.54) is 0 Å². The molecule has 2 aromatic rings. The Morgan fingerprint density at radius 1 is 1.14 bits per heavy atom. The molecule has 0 saturated heterocycles. The summed E-state index contributed by atoms with van der Waals surface area (Å²) in [5.74, 6) is 1.15. The minimum absolute atomic E-state index is 0.278. The molecule has 0 aliphatic carbocycles. The van der Waals surface area contributed by atoms with Crippen LogP contribution < -0.4 is 15.2 Å². The zero-order valence-electron chi connectivity index (χ0n) is 12.1. The molecule has 6 heteroatoms. The smallest absolute Gasteiger partial charge is 0.317 e. The number of benzene rings is 2. The first-order chi connectivity index (χ1) is 10.6. The van der Waals surface area contributed by atoms with Crippen molar-refractivity contribution in [2.24, 2.45) is 5.73 Å². The normalized spacial score (nSPS) is 9.18. The van der Waals surface area contributed by atoms with Gasteiger partial charge in [0.05, 0.1) is 13.7 Å². The molecule has 22 heavy (non-hydrogen) atoms. The molecule has 0 unspecified atom stereocenters. The van der Waals surface area contributed by atoms with E-state index < -0.39 is 5.97 Å². The van der Waals surface area contributed by atoms with Gasteiger partial charge in [-0.1, -0.05) is 12.1 Å². The highest BCUT2D eigenvalue weighted by molar-refractivity contribution is 5.75. The summed E-state index contributed by atoms with van der Waals surface area (Å²) in [6, 6.07) is 14.3. The van der Waals surface area contributed by atoms with Crippen LogP contribution in [0.4, 0.5) is 0 Å². The van der Waals surface area contributed by atoms with Crippen LogP contribution in [0.25, 0.3) is 0 Å². The van der Waals surface area contributed by atoms with Gasteiger partial charge in [-0.15, -0.1) is 0 Å². The Morgan fingerprint density at radius 2 is 1.73 bits per heavy atom. The van der Waals surface area contributed by atoms with Gasteiger partial charge in [-0.25, -0.2) is 0 Å². The van der Waals surface area contributed by atoms with Gasteiger partial charge in [0.1, 0.15) is 23.5 Å². The molecule has 0 aliphatic heterocycles. The van der Waals surface area contributed by atoms with Crippen LogP contribution >= 0.6 is 0 Å². The number of carbonyl (C=O) groups is 2. The highest BCUT2D eigenvalue weighted by atomic mass is 16.5. The molecule has 0 spiro atoms. The molecule has 116 valence electrons. The number of carboxylic acid groups (broad SMARTS) is 1. The minimum atomic E-state index is -0.968. The molecule has 0 aromatic heterocycles. The highest BCUT2D eigenvalue weighted by Gasteiger charge is 1.99. The SMILES string of the molecule is COc1ccc(Oc2cccc(C=O)c2)cc1.NCC(=O)O. The van der Waals surface area contributed by atoms with Crippen LogP contribution in [-0.2, 0) is 4.79 Å². The van der Waals surface area contributed by atoms with E-state index in [4.69, 9.17) is 14.6 Å². The van der Waals surface area contributed by atoms with Crippen molar-refractivity contribution in [1.82, 2.24) is 0 Å². The number of carboxylic acids is 1. The first kappa shape index (κ1) is 17.2. The second kappa shape index (κ2) is 9.15. The van der Waals surface area contributed by atoms with E-state index in [0.29, 0.717) is 17.1 Å². The standard InChI is InChI=1S/C14H12O3.C2H5NO2/c1-16-12-5-7-13(8-6-12)17-14-4-2-3-11(9-14)10-15;3-1-2(4)5/h2-10H,1H3;1,3H2,(H,4,5). The van der Waals surface area contributed by atoms with Crippen LogP contribution in [0, 0.1) is 0 Å². The van der Waals surface area contributed by atoms with Crippen LogP contribution in [-0.4, -0.2) is 31.0 Å². The van der Waals surface area contributed by atoms with E-state index in [-0.39, 0.29) is 6.54 Å². The Bertz CT molecular complexity index is 610. The Kier molecular flexibility index (Phi) is 7.15. The van der Waals surface area contributed by atoms with E-state index in [9.17, 15) is 9.59 Å². The maximum atomic E-state index is 10.6. The summed E-state index contributed by atoms with van der Waals surface area (Å²) >= 11 is 0. The minimum Gasteiger partial charge on any atom is -0.497 e. The molecular formula is C16H17NO5. The van der Waals surface area contributed by atoms with Crippen molar-refractivity contribution in [1.29, 1.82) is 0 Å². The summed E-state index contributed by atoms with van der Waals surface area (Å²) in [5, 5.41) is 7.60. The fourth-order valence-corrected chi connectivity index (χ4v) is 1.43. The number of methoxy groups -OCH3 is 1. The summed E-state index contributed by atoms with van der Waals surface area (Å²) in [5.41, 5.74) is 5.17. The van der Waals surface area contributed by atoms with Crippen LogP contribution in [0.3, 0.4) is 0 Å². The van der Waals surface area contributed by atoms with Crippen LogP contribution in [0.5, 0.6) is 17.2 Å². The number of carbonyl (C=O) groups excluding carboxylic acids is 1. The number of ether oxygens (including phenoxy) is 2. The van der Waals surface area contributed by atoms with Gasteiger partial charge in [0.15, 0.2) is 0 Å². The van der Waals surface area contributed by atoms with Crippen LogP contribution in [0.1, 0.15) is 10.4 Å². The third-order valence-corrected chi connectivity index (χ3v) is 2.46. The topological polar surface area (TPSA) is 98.9 Å². The second-order valence-electron chi connectivity index (χ2n) is 4.07. The van der Waals surface area contributed by atoms with Crippen molar-refractivity contribution in [3.8, 4) is 17.2 Å². The molecule has 2 rings (SSSR count). The van der Waals surface area contributed by atoms with Gasteiger partial charge in [0.2, 0.25) is 0 Å². The predicted octanol–water partition coefficient (Wildman–Crippen LogP) is 2.33. The van der Waals surface area contributed by atoms with Gasteiger partial charge in [-0.2, -0.15) is 0 Å². The molecule has 3 N–H and O–H groups in total. The maximum Gasteiger partial charge on any atom is 0.317 e. The number of aliphatic carboxylic acids is 1. The van der Waals surface area contributed by atoms with Crippen LogP contribution in [0.15, 0.2) is 48.5 Å². The van der Waals surface area contributed by atoms with E-state index >= 15 is 0 Å². The van der Waals surface area contributed by atoms with E-state index in [2.05, 4.69) is 5.73 Å². The largest absolute Gasteiger partial charge is 0.497 e. The number of hydrogen-bond donors (Lipinski definition) is 2. The van der Waals surface area contributed by atoms with Crippen molar-refractivity contribution in [3.63, 3.8) is 0 Å². The van der Waals surface area contributed by atoms with Crippen molar-refractivity contribution in [2.45, 2.75) is 0 Å². The van der Waals surface area contributed by atoms with Crippen LogP contribution in [0.2, 0.25) is 0 Å². The Labute approximate surface area is 128 Å². The van der Waals surface area contributed by atoms with Gasteiger partial charge in [0.25, 0.3) is 0 Å². The lowest BCUT2D eigenvalue weighted by atomic mass is 10.2. The lowest BCUT2D eigenvalue weighted by molar-refractivity contribution is -0.135. The molecule has 0 fully saturated rings. The average Bonchev–Trinajstić information content (AvgIpc) is 2.56. The monoisotopic (exact) mass is 303 g/mol. The number of rotatable bonds is 5. The van der Waals surface area contributed by atoms with Crippen molar-refractivity contribution < 1.29 is 24.2 Å². The average molecular weight is 303 g/mol. The van der Waals surface area contributed by atoms with E-state index in [1.807, 2.05) is 24.3 Å². The van der Waals surface area contributed by atoms with Gasteiger partial charge in [0, 0.05) is 5.56 Å². The zero-order valence-corrected chi connectivity index (χ0v) is 12.1. The lowest BCUT2D eigenvalue weighted by Gasteiger charge is -2.06. The third-order valence-electron chi connectivity index (χ3n) is 2.46. The Balaban J connectivity index is 0.000000422. The second-order valence-corrected chi connectivity index (χ2v) is 4.07. The van der Waals surface area contributed by atoms with E-state index in [0.717, 1.165) is 12.0 Å². The van der Waals surface area contributed by atoms with Gasteiger partial charge < -0.3 is 20.3 Å². The fourth-order valence-electron chi connectivity index (χ4n) is 1.43. The van der Waals surface area contributed by atoms with Crippen molar-refractivity contribution in [3.05, 3.63) is 54.1 Å². The maximum absolute atomic E-state index is 10.6. The number of aldehydes is 1. The molecule has 0 atom stereocenters. The molecule has 0 radical (unpaired) electrons. The molecule has 0 bridgehead atoms. The van der Waals surface area contributed by atoms with Gasteiger partial charge >= 0.3 is 5.97 Å². The van der Waals surface area contributed by atoms with Crippen molar-refractivity contribution in [2.75, 3.05) is 13.7 Å². The zero-order chi connectivity index (χ0) is 16.4. The molecule has 0 saturated carbocycles. The fraction of sp³-hybridized carbons (Fsp3) is 0.125. The summed E-state index contributed by atoms with van der Waals surface area (Å²) in [7, 11) is 1.61. The van der Waals surface area contributed by atoms with Gasteiger partial charge in [-0.3, -0.25) is 9.59 Å².